The summed E-state index contributed by atoms with van der Waals surface area (Å²) in [6.45, 7) is 0.644. The second-order valence-corrected chi connectivity index (χ2v) is 6.79. The number of para-hydroxylation sites is 1. The van der Waals surface area contributed by atoms with Crippen molar-refractivity contribution in [3.05, 3.63) is 74.7 Å². The van der Waals surface area contributed by atoms with Gasteiger partial charge in [-0.05, 0) is 30.7 Å². The summed E-state index contributed by atoms with van der Waals surface area (Å²) in [4.78, 5) is 23.5. The van der Waals surface area contributed by atoms with Crippen LogP contribution in [0, 0.1) is 10.1 Å². The molecule has 2 aromatic rings. The van der Waals surface area contributed by atoms with Crippen LogP contribution in [0.1, 0.15) is 18.4 Å². The predicted molar refractivity (Wildman–Crippen MR) is 99.6 cm³/mol. The fourth-order valence-electron chi connectivity index (χ4n) is 3.07. The fourth-order valence-corrected chi connectivity index (χ4v) is 3.63. The second kappa shape index (κ2) is 6.95. The van der Waals surface area contributed by atoms with E-state index in [4.69, 9.17) is 0 Å². The van der Waals surface area contributed by atoms with Crippen LogP contribution >= 0.6 is 15.9 Å². The van der Waals surface area contributed by atoms with Gasteiger partial charge < -0.3 is 0 Å². The molecule has 8 heteroatoms. The van der Waals surface area contributed by atoms with Gasteiger partial charge in [0.15, 0.2) is 0 Å². The van der Waals surface area contributed by atoms with Gasteiger partial charge in [0.2, 0.25) is 12.2 Å². The van der Waals surface area contributed by atoms with Gasteiger partial charge in [-0.25, -0.2) is 4.39 Å². The predicted octanol–water partition coefficient (Wildman–Crippen LogP) is 3.94. The highest BCUT2D eigenvalue weighted by Gasteiger charge is 2.58. The summed E-state index contributed by atoms with van der Waals surface area (Å²) in [5.74, 6) is -2.23. The molecule has 1 aliphatic rings. The maximum Gasteiger partial charge on any atom is 0.291 e. The molecule has 3 rings (SSSR count). The van der Waals surface area contributed by atoms with Crippen LogP contribution in [0.4, 0.5) is 10.1 Å². The van der Waals surface area contributed by atoms with Gasteiger partial charge in [0.05, 0.1) is 17.3 Å². The standard InChI is InChI=1S/C18H15BrFN3O3/c1-12-18(20,17(24)23(21-12)13-7-3-2-4-8-13)15(11-22(25)26)14-9-5-6-10-16(14)19/h2-10,15H,11H2,1H3/t15-,18-/m1/s1. The van der Waals surface area contributed by atoms with E-state index in [-0.39, 0.29) is 5.71 Å². The molecule has 2 atom stereocenters. The molecule has 0 aromatic heterocycles. The molecule has 0 bridgehead atoms. The Morgan fingerprint density at radius 1 is 1.23 bits per heavy atom. The van der Waals surface area contributed by atoms with E-state index in [1.807, 2.05) is 0 Å². The van der Waals surface area contributed by atoms with Gasteiger partial charge in [0.25, 0.3) is 5.91 Å². The molecule has 1 aliphatic heterocycles. The highest BCUT2D eigenvalue weighted by molar-refractivity contribution is 9.10. The van der Waals surface area contributed by atoms with E-state index < -0.39 is 29.0 Å². The Kier molecular flexibility index (Phi) is 4.86. The van der Waals surface area contributed by atoms with Crippen molar-refractivity contribution >= 4 is 33.2 Å². The third-order valence-corrected chi connectivity index (χ3v) is 5.10. The molecular weight excluding hydrogens is 405 g/mol. The molecule has 134 valence electrons. The number of hydrazone groups is 1. The molecule has 0 N–H and O–H groups in total. The minimum absolute atomic E-state index is 0.103. The summed E-state index contributed by atoms with van der Waals surface area (Å²) in [5.41, 5.74) is -1.95. The zero-order chi connectivity index (χ0) is 18.9. The van der Waals surface area contributed by atoms with Crippen molar-refractivity contribution in [2.24, 2.45) is 5.10 Å². The van der Waals surface area contributed by atoms with Gasteiger partial charge in [-0.1, -0.05) is 52.3 Å². The topological polar surface area (TPSA) is 75.8 Å². The lowest BCUT2D eigenvalue weighted by Gasteiger charge is -2.27. The highest BCUT2D eigenvalue weighted by Crippen LogP contribution is 2.42. The normalized spacial score (nSPS) is 20.8. The van der Waals surface area contributed by atoms with Crippen molar-refractivity contribution < 1.29 is 14.1 Å². The molecule has 26 heavy (non-hydrogen) atoms. The number of halogens is 2. The van der Waals surface area contributed by atoms with Crippen LogP contribution in [0.2, 0.25) is 0 Å². The van der Waals surface area contributed by atoms with Crippen LogP contribution < -0.4 is 5.01 Å². The number of alkyl halides is 1. The maximum atomic E-state index is 16.1. The first-order valence-corrected chi connectivity index (χ1v) is 8.65. The van der Waals surface area contributed by atoms with Crippen molar-refractivity contribution in [2.75, 3.05) is 11.6 Å². The zero-order valence-electron chi connectivity index (χ0n) is 13.8. The molecule has 6 nitrogen and oxygen atoms in total. The Morgan fingerprint density at radius 3 is 2.46 bits per heavy atom. The minimum Gasteiger partial charge on any atom is -0.268 e. The summed E-state index contributed by atoms with van der Waals surface area (Å²) in [7, 11) is 0. The van der Waals surface area contributed by atoms with E-state index in [0.717, 1.165) is 5.01 Å². The van der Waals surface area contributed by atoms with Crippen molar-refractivity contribution in [1.29, 1.82) is 0 Å². The van der Waals surface area contributed by atoms with Crippen LogP contribution in [0.15, 0.2) is 64.2 Å². The number of carbonyl (C=O) groups excluding carboxylic acids is 1. The molecule has 0 spiro atoms. The Morgan fingerprint density at radius 2 is 1.85 bits per heavy atom. The summed E-state index contributed by atoms with van der Waals surface area (Å²) in [5, 5.41) is 16.3. The molecule has 1 amide bonds. The van der Waals surface area contributed by atoms with Crippen molar-refractivity contribution in [1.82, 2.24) is 0 Å². The lowest BCUT2D eigenvalue weighted by molar-refractivity contribution is -0.485. The molecule has 0 saturated heterocycles. The maximum absolute atomic E-state index is 16.1. The molecule has 0 fully saturated rings. The monoisotopic (exact) mass is 419 g/mol. The van der Waals surface area contributed by atoms with Crippen molar-refractivity contribution in [3.8, 4) is 0 Å². The van der Waals surface area contributed by atoms with Gasteiger partial charge in [-0.15, -0.1) is 0 Å². The highest BCUT2D eigenvalue weighted by atomic mass is 79.9. The first-order valence-electron chi connectivity index (χ1n) is 7.86. The Bertz CT molecular complexity index is 890. The average molecular weight is 420 g/mol. The second-order valence-electron chi connectivity index (χ2n) is 5.94. The molecule has 0 saturated carbocycles. The molecule has 0 radical (unpaired) electrons. The number of anilines is 1. The first-order chi connectivity index (χ1) is 12.4. The molecular formula is C18H15BrFN3O3. The summed E-state index contributed by atoms with van der Waals surface area (Å²) < 4.78 is 16.6. The van der Waals surface area contributed by atoms with Crippen LogP contribution in [0.5, 0.6) is 0 Å². The first kappa shape index (κ1) is 18.2. The number of carbonyl (C=O) groups is 1. The van der Waals surface area contributed by atoms with Gasteiger partial charge >= 0.3 is 0 Å². The van der Waals surface area contributed by atoms with Gasteiger partial charge in [-0.2, -0.15) is 10.1 Å². The third-order valence-electron chi connectivity index (χ3n) is 4.37. The van der Waals surface area contributed by atoms with E-state index in [0.29, 0.717) is 15.7 Å². The summed E-state index contributed by atoms with van der Waals surface area (Å²) in [6, 6.07) is 15.0. The number of hydrogen-bond donors (Lipinski definition) is 0. The van der Waals surface area contributed by atoms with Gasteiger partial charge in [-0.3, -0.25) is 14.9 Å². The van der Waals surface area contributed by atoms with Gasteiger partial charge in [0, 0.05) is 9.40 Å². The zero-order valence-corrected chi connectivity index (χ0v) is 15.4. The molecule has 2 aromatic carbocycles. The quantitative estimate of drug-likeness (QED) is 0.543. The average Bonchev–Trinajstić information content (AvgIpc) is 2.86. The van der Waals surface area contributed by atoms with E-state index >= 15 is 4.39 Å². The Hall–Kier alpha value is -2.61. The van der Waals surface area contributed by atoms with Crippen LogP contribution in [-0.4, -0.2) is 28.8 Å². The minimum atomic E-state index is -2.60. The number of nitrogens with zero attached hydrogens (tertiary/aromatic N) is 3. The Balaban J connectivity index is 2.09. The van der Waals surface area contributed by atoms with Gasteiger partial charge in [0.1, 0.15) is 0 Å². The van der Waals surface area contributed by atoms with E-state index in [1.54, 1.807) is 54.6 Å². The summed E-state index contributed by atoms with van der Waals surface area (Å²) >= 11 is 3.30. The molecule has 0 aliphatic carbocycles. The number of nitro groups is 1. The third kappa shape index (κ3) is 3.01. The SMILES string of the molecule is CC1=NN(c2ccccc2)C(=O)[C@]1(F)[C@H](C[N+](=O)[O-])c1ccccc1Br. The number of amides is 1. The van der Waals surface area contributed by atoms with E-state index in [2.05, 4.69) is 21.0 Å². The number of benzene rings is 2. The lowest BCUT2D eigenvalue weighted by Crippen LogP contribution is -2.49. The number of rotatable bonds is 5. The molecule has 0 unspecified atom stereocenters. The number of hydrogen-bond acceptors (Lipinski definition) is 4. The van der Waals surface area contributed by atoms with Crippen molar-refractivity contribution in [2.45, 2.75) is 18.5 Å². The van der Waals surface area contributed by atoms with E-state index in [1.165, 1.54) is 6.92 Å². The fraction of sp³-hybridized carbons (Fsp3) is 0.222. The molecule has 1 heterocycles. The lowest BCUT2D eigenvalue weighted by atomic mass is 9.80. The summed E-state index contributed by atoms with van der Waals surface area (Å²) in [6.07, 6.45) is 0. The Labute approximate surface area is 157 Å². The van der Waals surface area contributed by atoms with Crippen molar-refractivity contribution in [3.63, 3.8) is 0 Å². The van der Waals surface area contributed by atoms with Crippen LogP contribution in [0.25, 0.3) is 0 Å². The van der Waals surface area contributed by atoms with E-state index in [9.17, 15) is 14.9 Å². The largest absolute Gasteiger partial charge is 0.291 e. The van der Waals surface area contributed by atoms with Crippen LogP contribution in [0.3, 0.4) is 0 Å². The smallest absolute Gasteiger partial charge is 0.268 e. The van der Waals surface area contributed by atoms with Crippen LogP contribution in [-0.2, 0) is 4.79 Å².